The number of nitrogens with zero attached hydrogens (tertiary/aromatic N) is 2. The lowest BCUT2D eigenvalue weighted by atomic mass is 9.83. The van der Waals surface area contributed by atoms with Gasteiger partial charge in [0.05, 0.1) is 5.56 Å². The van der Waals surface area contributed by atoms with Gasteiger partial charge in [0, 0.05) is 18.2 Å². The highest BCUT2D eigenvalue weighted by Crippen LogP contribution is 2.28. The van der Waals surface area contributed by atoms with Gasteiger partial charge in [-0.15, -0.1) is 0 Å². The largest absolute Gasteiger partial charge is 0.330 e. The van der Waals surface area contributed by atoms with Crippen molar-refractivity contribution >= 4 is 0 Å². The molecule has 20 heavy (non-hydrogen) atoms. The van der Waals surface area contributed by atoms with Crippen molar-refractivity contribution in [3.8, 4) is 6.07 Å². The third-order valence-corrected chi connectivity index (χ3v) is 4.36. The minimum absolute atomic E-state index is 0.120. The van der Waals surface area contributed by atoms with E-state index in [1.54, 1.807) is 12.1 Å². The van der Waals surface area contributed by atoms with Crippen molar-refractivity contribution < 1.29 is 4.39 Å². The van der Waals surface area contributed by atoms with Crippen molar-refractivity contribution in [2.75, 3.05) is 13.6 Å². The molecular weight excluding hydrogens is 253 g/mol. The van der Waals surface area contributed by atoms with E-state index in [0.717, 1.165) is 12.8 Å². The van der Waals surface area contributed by atoms with Crippen LogP contribution in [0.25, 0.3) is 0 Å². The van der Waals surface area contributed by atoms with Crippen LogP contribution in [0.3, 0.4) is 0 Å². The van der Waals surface area contributed by atoms with Crippen LogP contribution in [-0.4, -0.2) is 24.5 Å². The Morgan fingerprint density at radius 1 is 1.40 bits per heavy atom. The van der Waals surface area contributed by atoms with E-state index in [1.807, 2.05) is 13.1 Å². The van der Waals surface area contributed by atoms with Crippen LogP contribution < -0.4 is 5.73 Å². The third kappa shape index (κ3) is 3.17. The zero-order chi connectivity index (χ0) is 14.5. The molecule has 2 atom stereocenters. The summed E-state index contributed by atoms with van der Waals surface area (Å²) in [6, 6.07) is 7.33. The van der Waals surface area contributed by atoms with E-state index in [2.05, 4.69) is 4.90 Å². The summed E-state index contributed by atoms with van der Waals surface area (Å²) >= 11 is 0. The predicted octanol–water partition coefficient (Wildman–Crippen LogP) is 2.65. The minimum Gasteiger partial charge on any atom is -0.330 e. The van der Waals surface area contributed by atoms with E-state index >= 15 is 0 Å². The highest BCUT2D eigenvalue weighted by molar-refractivity contribution is 5.34. The summed E-state index contributed by atoms with van der Waals surface area (Å²) in [5, 5.41) is 8.89. The van der Waals surface area contributed by atoms with Gasteiger partial charge in [0.15, 0.2) is 0 Å². The Bertz CT molecular complexity index is 495. The van der Waals surface area contributed by atoms with Crippen LogP contribution in [0.4, 0.5) is 4.39 Å². The maximum atomic E-state index is 14.1. The number of benzene rings is 1. The molecule has 1 aliphatic rings. The van der Waals surface area contributed by atoms with E-state index in [-0.39, 0.29) is 11.4 Å². The Balaban J connectivity index is 2.11. The molecule has 0 bridgehead atoms. The van der Waals surface area contributed by atoms with Gasteiger partial charge >= 0.3 is 0 Å². The lowest BCUT2D eigenvalue weighted by Gasteiger charge is -2.37. The maximum absolute atomic E-state index is 14.1. The van der Waals surface area contributed by atoms with Gasteiger partial charge < -0.3 is 5.73 Å². The SMILES string of the molecule is CN(Cc1cccc(C#N)c1F)C1CCCCC1CN. The molecule has 2 unspecified atom stereocenters. The highest BCUT2D eigenvalue weighted by atomic mass is 19.1. The second kappa shape index (κ2) is 6.83. The highest BCUT2D eigenvalue weighted by Gasteiger charge is 2.27. The summed E-state index contributed by atoms with van der Waals surface area (Å²) < 4.78 is 14.1. The summed E-state index contributed by atoms with van der Waals surface area (Å²) in [6.45, 7) is 1.22. The fraction of sp³-hybridized carbons (Fsp3) is 0.562. The van der Waals surface area contributed by atoms with Crippen molar-refractivity contribution in [2.24, 2.45) is 11.7 Å². The molecule has 0 radical (unpaired) electrons. The number of hydrogen-bond acceptors (Lipinski definition) is 3. The monoisotopic (exact) mass is 275 g/mol. The first kappa shape index (κ1) is 15.0. The third-order valence-electron chi connectivity index (χ3n) is 4.36. The van der Waals surface area contributed by atoms with Crippen molar-refractivity contribution in [3.05, 3.63) is 35.1 Å². The lowest BCUT2D eigenvalue weighted by Crippen LogP contribution is -2.42. The van der Waals surface area contributed by atoms with Gasteiger partial charge in [-0.2, -0.15) is 5.26 Å². The van der Waals surface area contributed by atoms with Gasteiger partial charge in [0.1, 0.15) is 11.9 Å². The van der Waals surface area contributed by atoms with Crippen LogP contribution in [0.5, 0.6) is 0 Å². The predicted molar refractivity (Wildman–Crippen MR) is 77.4 cm³/mol. The Labute approximate surface area is 120 Å². The summed E-state index contributed by atoms with van der Waals surface area (Å²) in [5.41, 5.74) is 6.57. The van der Waals surface area contributed by atoms with Crippen LogP contribution in [0, 0.1) is 23.1 Å². The maximum Gasteiger partial charge on any atom is 0.145 e. The van der Waals surface area contributed by atoms with Gasteiger partial charge in [0.25, 0.3) is 0 Å². The van der Waals surface area contributed by atoms with Gasteiger partial charge in [0.2, 0.25) is 0 Å². The average molecular weight is 275 g/mol. The Morgan fingerprint density at radius 3 is 2.85 bits per heavy atom. The molecule has 0 spiro atoms. The van der Waals surface area contributed by atoms with Gasteiger partial charge in [-0.3, -0.25) is 4.90 Å². The van der Waals surface area contributed by atoms with Crippen LogP contribution in [0.2, 0.25) is 0 Å². The normalized spacial score (nSPS) is 22.8. The summed E-state index contributed by atoms with van der Waals surface area (Å²) in [4.78, 5) is 2.19. The molecule has 1 aromatic rings. The molecule has 0 amide bonds. The van der Waals surface area contributed by atoms with Gasteiger partial charge in [-0.25, -0.2) is 4.39 Å². The molecule has 0 aromatic heterocycles. The fourth-order valence-electron chi connectivity index (χ4n) is 3.22. The fourth-order valence-corrected chi connectivity index (χ4v) is 3.22. The van der Waals surface area contributed by atoms with Crippen LogP contribution in [0.1, 0.15) is 36.8 Å². The first-order chi connectivity index (χ1) is 9.67. The van der Waals surface area contributed by atoms with E-state index < -0.39 is 0 Å². The molecule has 2 N–H and O–H groups in total. The minimum atomic E-state index is -0.387. The van der Waals surface area contributed by atoms with Crippen molar-refractivity contribution in [2.45, 2.75) is 38.3 Å². The number of hydrogen-bond donors (Lipinski definition) is 1. The summed E-state index contributed by atoms with van der Waals surface area (Å²) in [7, 11) is 2.02. The summed E-state index contributed by atoms with van der Waals surface area (Å²) in [6.07, 6.45) is 4.74. The van der Waals surface area contributed by atoms with Crippen LogP contribution in [-0.2, 0) is 6.54 Å². The molecule has 1 aliphatic carbocycles. The molecule has 1 saturated carbocycles. The molecule has 0 saturated heterocycles. The number of nitrogens with two attached hydrogens (primary N) is 1. The number of halogens is 1. The first-order valence-corrected chi connectivity index (χ1v) is 7.25. The molecule has 0 heterocycles. The first-order valence-electron chi connectivity index (χ1n) is 7.25. The quantitative estimate of drug-likeness (QED) is 0.919. The molecule has 108 valence electrons. The molecule has 0 aliphatic heterocycles. The smallest absolute Gasteiger partial charge is 0.145 e. The van der Waals surface area contributed by atoms with Crippen molar-refractivity contribution in [1.29, 1.82) is 5.26 Å². The zero-order valence-electron chi connectivity index (χ0n) is 12.0. The zero-order valence-corrected chi connectivity index (χ0v) is 12.0. The molecule has 2 rings (SSSR count). The number of rotatable bonds is 4. The molecule has 1 fully saturated rings. The van der Waals surface area contributed by atoms with Gasteiger partial charge in [-0.1, -0.05) is 25.0 Å². The Kier molecular flexibility index (Phi) is 5.11. The van der Waals surface area contributed by atoms with E-state index in [9.17, 15) is 4.39 Å². The Hall–Kier alpha value is -1.44. The van der Waals surface area contributed by atoms with Crippen molar-refractivity contribution in [3.63, 3.8) is 0 Å². The second-order valence-corrected chi connectivity index (χ2v) is 5.65. The topological polar surface area (TPSA) is 53.0 Å². The molecule has 4 heteroatoms. The lowest BCUT2D eigenvalue weighted by molar-refractivity contribution is 0.126. The molecule has 1 aromatic carbocycles. The average Bonchev–Trinajstić information content (AvgIpc) is 2.49. The van der Waals surface area contributed by atoms with Gasteiger partial charge in [-0.05, 0) is 38.4 Å². The van der Waals surface area contributed by atoms with Crippen LogP contribution >= 0.6 is 0 Å². The molecular formula is C16H22FN3. The van der Waals surface area contributed by atoms with E-state index in [1.165, 1.54) is 18.9 Å². The summed E-state index contributed by atoms with van der Waals surface area (Å²) in [5.74, 6) is 0.109. The standard InChI is InChI=1S/C16H22FN3/c1-20(15-8-3-2-5-12(15)9-18)11-14-7-4-6-13(10-19)16(14)17/h4,6-7,12,15H,2-3,5,8-9,11,18H2,1H3. The van der Waals surface area contributed by atoms with E-state index in [4.69, 9.17) is 11.0 Å². The van der Waals surface area contributed by atoms with E-state index in [0.29, 0.717) is 30.6 Å². The second-order valence-electron chi connectivity index (χ2n) is 5.65. The Morgan fingerprint density at radius 2 is 2.15 bits per heavy atom. The number of nitriles is 1. The van der Waals surface area contributed by atoms with Crippen molar-refractivity contribution in [1.82, 2.24) is 4.90 Å². The molecule has 3 nitrogen and oxygen atoms in total. The van der Waals surface area contributed by atoms with Crippen LogP contribution in [0.15, 0.2) is 18.2 Å².